The highest BCUT2D eigenvalue weighted by Gasteiger charge is 2.40. The summed E-state index contributed by atoms with van der Waals surface area (Å²) in [5, 5.41) is 0. The highest BCUT2D eigenvalue weighted by atomic mass is 32.1. The van der Waals surface area contributed by atoms with E-state index in [1.54, 1.807) is 17.4 Å². The fourth-order valence-electron chi connectivity index (χ4n) is 4.34. The van der Waals surface area contributed by atoms with Gasteiger partial charge in [-0.05, 0) is 43.2 Å². The fourth-order valence-corrected chi connectivity index (χ4v) is 5.85. The minimum absolute atomic E-state index is 0.139. The molecule has 0 aliphatic carbocycles. The van der Waals surface area contributed by atoms with E-state index in [1.165, 1.54) is 4.90 Å². The molecule has 5 rings (SSSR count). The fraction of sp³-hybridized carbons (Fsp3) is 0.185. The van der Waals surface area contributed by atoms with E-state index >= 15 is 0 Å². The predicted octanol–water partition coefficient (Wildman–Crippen LogP) is 5.92. The molecule has 1 saturated heterocycles. The summed E-state index contributed by atoms with van der Waals surface area (Å²) in [6, 6.07) is 22.2. The summed E-state index contributed by atoms with van der Waals surface area (Å²) in [5.41, 5.74) is 3.12. The average molecular weight is 486 g/mol. The molecule has 0 spiro atoms. The predicted molar refractivity (Wildman–Crippen MR) is 141 cm³/mol. The number of thiophene rings is 1. The van der Waals surface area contributed by atoms with Crippen molar-refractivity contribution in [1.82, 2.24) is 14.5 Å². The number of thiocarbonyl (C=S) groups is 1. The van der Waals surface area contributed by atoms with Crippen molar-refractivity contribution in [2.75, 3.05) is 6.54 Å². The second-order valence-corrected chi connectivity index (χ2v) is 9.53. The Morgan fingerprint density at radius 1 is 1.03 bits per heavy atom. The van der Waals surface area contributed by atoms with Gasteiger partial charge in [-0.25, -0.2) is 4.98 Å². The molecule has 3 heterocycles. The Morgan fingerprint density at radius 3 is 2.35 bits per heavy atom. The summed E-state index contributed by atoms with van der Waals surface area (Å²) in [5.74, 6) is -0.483. The number of benzene rings is 2. The number of ketones is 1. The topological polar surface area (TPSA) is 55.2 Å². The molecule has 0 radical (unpaired) electrons. The van der Waals surface area contributed by atoms with Crippen molar-refractivity contribution < 1.29 is 9.59 Å². The summed E-state index contributed by atoms with van der Waals surface area (Å²) in [6.45, 7) is 4.22. The van der Waals surface area contributed by atoms with Crippen LogP contribution in [0.25, 0.3) is 32.6 Å². The Kier molecular flexibility index (Phi) is 5.98. The number of likely N-dealkylation sites (N-methyl/N-ethyl adjacent to an activating group) is 1. The number of piperidine rings is 1. The molecule has 2 aromatic carbocycles. The van der Waals surface area contributed by atoms with Gasteiger partial charge in [-0.3, -0.25) is 14.2 Å². The highest BCUT2D eigenvalue weighted by molar-refractivity contribution is 7.80. The van der Waals surface area contributed by atoms with Gasteiger partial charge in [0.1, 0.15) is 10.7 Å². The van der Waals surface area contributed by atoms with Crippen molar-refractivity contribution in [2.45, 2.75) is 20.3 Å². The number of Topliss-reactive ketones (excluding diaryl/α,β-unsaturated/α-hetero) is 1. The number of hydrogen-bond acceptors (Lipinski definition) is 5. The van der Waals surface area contributed by atoms with Gasteiger partial charge in [-0.15, -0.1) is 11.3 Å². The van der Waals surface area contributed by atoms with Crippen molar-refractivity contribution in [3.8, 4) is 16.1 Å². The number of imidazole rings is 1. The van der Waals surface area contributed by atoms with Crippen LogP contribution in [-0.2, 0) is 9.59 Å². The van der Waals surface area contributed by atoms with Crippen LogP contribution in [0.4, 0.5) is 0 Å². The first-order chi connectivity index (χ1) is 16.5. The van der Waals surface area contributed by atoms with Gasteiger partial charge < -0.3 is 4.90 Å². The van der Waals surface area contributed by atoms with E-state index in [0.717, 1.165) is 26.5 Å². The van der Waals surface area contributed by atoms with Gasteiger partial charge in [0.05, 0.1) is 22.0 Å². The minimum atomic E-state index is -0.468. The SMILES string of the molecule is CCC1C(=O)/C(=C\c2nc3sc(-c4ccccc4)cc3n2-c2ccccc2)C(=O)N(CC)C1=S. The molecule has 1 atom stereocenters. The second-order valence-electron chi connectivity index (χ2n) is 8.08. The van der Waals surface area contributed by atoms with Gasteiger partial charge in [0.25, 0.3) is 5.91 Å². The van der Waals surface area contributed by atoms with E-state index in [4.69, 9.17) is 17.2 Å². The molecule has 1 aliphatic rings. The molecule has 1 fully saturated rings. The van der Waals surface area contributed by atoms with Crippen LogP contribution in [0.5, 0.6) is 0 Å². The maximum absolute atomic E-state index is 13.2. The lowest BCUT2D eigenvalue weighted by atomic mass is 9.89. The zero-order chi connectivity index (χ0) is 23.8. The Morgan fingerprint density at radius 2 is 1.71 bits per heavy atom. The molecule has 0 bridgehead atoms. The summed E-state index contributed by atoms with van der Waals surface area (Å²) in [7, 11) is 0. The van der Waals surface area contributed by atoms with Gasteiger partial charge in [0.2, 0.25) is 0 Å². The molecule has 1 amide bonds. The third-order valence-corrected chi connectivity index (χ3v) is 7.64. The lowest BCUT2D eigenvalue weighted by Crippen LogP contribution is -2.49. The largest absolute Gasteiger partial charge is 0.302 e. The van der Waals surface area contributed by atoms with Crippen molar-refractivity contribution in [1.29, 1.82) is 0 Å². The number of carbonyl (C=O) groups excluding carboxylic acids is 2. The normalized spacial score (nSPS) is 17.8. The third-order valence-electron chi connectivity index (χ3n) is 6.07. The van der Waals surface area contributed by atoms with Crippen LogP contribution < -0.4 is 0 Å². The number of amides is 1. The van der Waals surface area contributed by atoms with E-state index in [1.807, 2.05) is 66.9 Å². The minimum Gasteiger partial charge on any atom is -0.302 e. The first-order valence-electron chi connectivity index (χ1n) is 11.3. The molecule has 2 aromatic heterocycles. The number of rotatable bonds is 5. The lowest BCUT2D eigenvalue weighted by molar-refractivity contribution is -0.129. The number of aromatic nitrogens is 2. The molecule has 4 aromatic rings. The number of fused-ring (bicyclic) bond motifs is 1. The summed E-state index contributed by atoms with van der Waals surface area (Å²) in [6.07, 6.45) is 2.20. The third kappa shape index (κ3) is 3.71. The zero-order valence-electron chi connectivity index (χ0n) is 18.9. The Bertz CT molecular complexity index is 1410. The quantitative estimate of drug-likeness (QED) is 0.200. The van der Waals surface area contributed by atoms with Crippen molar-refractivity contribution in [3.05, 3.63) is 78.1 Å². The maximum atomic E-state index is 13.2. The van der Waals surface area contributed by atoms with Gasteiger partial charge in [0.15, 0.2) is 5.78 Å². The van der Waals surface area contributed by atoms with Crippen LogP contribution in [0, 0.1) is 5.92 Å². The van der Waals surface area contributed by atoms with Crippen LogP contribution >= 0.6 is 23.6 Å². The highest BCUT2D eigenvalue weighted by Crippen LogP contribution is 2.36. The molecule has 0 saturated carbocycles. The molecule has 0 N–H and O–H groups in total. The monoisotopic (exact) mass is 485 g/mol. The zero-order valence-corrected chi connectivity index (χ0v) is 20.5. The van der Waals surface area contributed by atoms with Crippen molar-refractivity contribution in [2.24, 2.45) is 5.92 Å². The maximum Gasteiger partial charge on any atom is 0.262 e. The average Bonchev–Trinajstić information content (AvgIpc) is 3.41. The van der Waals surface area contributed by atoms with Crippen LogP contribution in [0.1, 0.15) is 26.1 Å². The molecule has 170 valence electrons. The second kappa shape index (κ2) is 9.08. The Balaban J connectivity index is 1.69. The standard InChI is InChI=1S/C27H23N3O2S2/c1-3-19-24(31)20(26(32)29(4-2)27(19)33)15-23-28-25-21(30(23)18-13-9-6-10-14-18)16-22(34-25)17-11-7-5-8-12-17/h5-16,19H,3-4H2,1-2H3/b20-15+. The van der Waals surface area contributed by atoms with Gasteiger partial charge in [0, 0.05) is 17.1 Å². The van der Waals surface area contributed by atoms with Crippen molar-refractivity contribution >= 4 is 56.7 Å². The number of nitrogens with zero attached hydrogens (tertiary/aromatic N) is 3. The van der Waals surface area contributed by atoms with Crippen molar-refractivity contribution in [3.63, 3.8) is 0 Å². The molecule has 1 unspecified atom stereocenters. The first-order valence-corrected chi connectivity index (χ1v) is 12.5. The van der Waals surface area contributed by atoms with Crippen LogP contribution in [0.15, 0.2) is 72.3 Å². The molecule has 34 heavy (non-hydrogen) atoms. The van der Waals surface area contributed by atoms with Crippen LogP contribution in [-0.4, -0.2) is 37.7 Å². The molecule has 1 aliphatic heterocycles. The van der Waals surface area contributed by atoms with E-state index in [2.05, 4.69) is 18.2 Å². The van der Waals surface area contributed by atoms with Gasteiger partial charge in [-0.1, -0.05) is 67.7 Å². The molecule has 7 heteroatoms. The van der Waals surface area contributed by atoms with Gasteiger partial charge >= 0.3 is 0 Å². The molecular weight excluding hydrogens is 462 g/mol. The smallest absolute Gasteiger partial charge is 0.262 e. The van der Waals surface area contributed by atoms with E-state index in [-0.39, 0.29) is 17.3 Å². The number of para-hydroxylation sites is 1. The Hall–Kier alpha value is -3.42. The Labute approximate surface area is 207 Å². The number of hydrogen-bond donors (Lipinski definition) is 0. The van der Waals surface area contributed by atoms with Crippen LogP contribution in [0.3, 0.4) is 0 Å². The van der Waals surface area contributed by atoms with Crippen LogP contribution in [0.2, 0.25) is 0 Å². The lowest BCUT2D eigenvalue weighted by Gasteiger charge is -2.32. The van der Waals surface area contributed by atoms with Gasteiger partial charge in [-0.2, -0.15) is 0 Å². The van der Waals surface area contributed by atoms with E-state index < -0.39 is 5.92 Å². The summed E-state index contributed by atoms with van der Waals surface area (Å²) >= 11 is 7.05. The van der Waals surface area contributed by atoms with E-state index in [0.29, 0.717) is 23.8 Å². The van der Waals surface area contributed by atoms with E-state index in [9.17, 15) is 9.59 Å². The molecular formula is C27H23N3O2S2. The number of carbonyl (C=O) groups is 2. The molecule has 5 nitrogen and oxygen atoms in total. The first kappa shape index (κ1) is 22.4. The summed E-state index contributed by atoms with van der Waals surface area (Å²) < 4.78 is 2.01. The summed E-state index contributed by atoms with van der Waals surface area (Å²) in [4.78, 5) is 35.2. The number of likely N-dealkylation sites (tertiary alicyclic amines) is 1.